The molecule has 0 atom stereocenters. The average molecular weight is 286 g/mol. The molecule has 1 amide bonds. The van der Waals surface area contributed by atoms with Gasteiger partial charge >= 0.3 is 0 Å². The first-order valence-corrected chi connectivity index (χ1v) is 6.90. The number of carbonyl (C=O) groups excluding carboxylic acids is 1. The first-order chi connectivity index (χ1) is 9.69. The largest absolute Gasteiger partial charge is 0.384 e. The summed E-state index contributed by atoms with van der Waals surface area (Å²) in [5.74, 6) is 5.32. The molecule has 0 fully saturated rings. The Kier molecular flexibility index (Phi) is 4.88. The van der Waals surface area contributed by atoms with Gasteiger partial charge in [-0.15, -0.1) is 11.3 Å². The zero-order chi connectivity index (χ0) is 14.4. The van der Waals surface area contributed by atoms with Crippen LogP contribution in [0, 0.1) is 18.8 Å². The van der Waals surface area contributed by atoms with Crippen molar-refractivity contribution in [2.24, 2.45) is 0 Å². The van der Waals surface area contributed by atoms with Gasteiger partial charge in [0.25, 0.3) is 5.91 Å². The van der Waals surface area contributed by atoms with Crippen LogP contribution >= 0.6 is 11.3 Å². The summed E-state index contributed by atoms with van der Waals surface area (Å²) in [6.07, 6.45) is 1.62. The summed E-state index contributed by atoms with van der Waals surface area (Å²) in [5.41, 5.74) is 1.42. The summed E-state index contributed by atoms with van der Waals surface area (Å²) in [7, 11) is 0. The molecule has 2 aromatic rings. The first-order valence-electron chi connectivity index (χ1n) is 6.08. The summed E-state index contributed by atoms with van der Waals surface area (Å²) < 4.78 is 0. The van der Waals surface area contributed by atoms with Crippen molar-refractivity contribution < 1.29 is 9.90 Å². The van der Waals surface area contributed by atoms with Crippen molar-refractivity contribution >= 4 is 17.2 Å². The minimum atomic E-state index is -0.147. The van der Waals surface area contributed by atoms with Crippen LogP contribution in [0.25, 0.3) is 0 Å². The molecule has 2 rings (SSSR count). The van der Waals surface area contributed by atoms with Gasteiger partial charge < -0.3 is 10.4 Å². The molecular formula is C15H14N2O2S. The molecule has 0 radical (unpaired) electrons. The number of carbonyl (C=O) groups is 1. The highest BCUT2D eigenvalue weighted by Crippen LogP contribution is 2.15. The van der Waals surface area contributed by atoms with Crippen LogP contribution in [-0.4, -0.2) is 22.6 Å². The maximum atomic E-state index is 12.0. The zero-order valence-corrected chi connectivity index (χ0v) is 11.8. The molecule has 2 N–H and O–H groups in total. The molecule has 0 saturated carbocycles. The molecule has 0 saturated heterocycles. The molecule has 0 bridgehead atoms. The van der Waals surface area contributed by atoms with Gasteiger partial charge in [0, 0.05) is 22.3 Å². The van der Waals surface area contributed by atoms with Crippen molar-refractivity contribution in [1.29, 1.82) is 0 Å². The van der Waals surface area contributed by atoms with Crippen LogP contribution in [0.3, 0.4) is 0 Å². The van der Waals surface area contributed by atoms with E-state index in [0.29, 0.717) is 12.1 Å². The van der Waals surface area contributed by atoms with Gasteiger partial charge in [-0.25, -0.2) is 0 Å². The quantitative estimate of drug-likeness (QED) is 0.845. The minimum absolute atomic E-state index is 0.119. The third-order valence-corrected chi connectivity index (χ3v) is 3.53. The van der Waals surface area contributed by atoms with Gasteiger partial charge in [-0.05, 0) is 31.2 Å². The van der Waals surface area contributed by atoms with E-state index >= 15 is 0 Å². The normalized spacial score (nSPS) is 9.70. The van der Waals surface area contributed by atoms with Crippen molar-refractivity contribution in [2.75, 3.05) is 6.61 Å². The minimum Gasteiger partial charge on any atom is -0.384 e. The number of thiophene rings is 1. The maximum Gasteiger partial charge on any atom is 0.251 e. The second-order valence-corrected chi connectivity index (χ2v) is 5.26. The summed E-state index contributed by atoms with van der Waals surface area (Å²) >= 11 is 1.50. The lowest BCUT2D eigenvalue weighted by Crippen LogP contribution is -2.22. The topological polar surface area (TPSA) is 62.2 Å². The van der Waals surface area contributed by atoms with Crippen LogP contribution in [0.2, 0.25) is 0 Å². The highest BCUT2D eigenvalue weighted by atomic mass is 32.1. The van der Waals surface area contributed by atoms with Crippen molar-refractivity contribution in [2.45, 2.75) is 13.5 Å². The lowest BCUT2D eigenvalue weighted by atomic mass is 10.2. The number of nitrogens with one attached hydrogen (secondary N) is 1. The van der Waals surface area contributed by atoms with Crippen molar-refractivity contribution in [3.05, 3.63) is 51.5 Å². The van der Waals surface area contributed by atoms with E-state index in [1.54, 1.807) is 18.3 Å². The molecule has 0 spiro atoms. The first kappa shape index (κ1) is 14.3. The van der Waals surface area contributed by atoms with Crippen LogP contribution in [0.15, 0.2) is 30.5 Å². The molecule has 5 heteroatoms. The molecule has 0 unspecified atom stereocenters. The fraction of sp³-hybridized carbons (Fsp3) is 0.200. The predicted octanol–water partition coefficient (Wildman–Crippen LogP) is 1.73. The van der Waals surface area contributed by atoms with Crippen molar-refractivity contribution in [1.82, 2.24) is 10.3 Å². The highest BCUT2D eigenvalue weighted by molar-refractivity contribution is 7.12. The number of aliphatic hydroxyl groups is 1. The highest BCUT2D eigenvalue weighted by Gasteiger charge is 2.06. The number of pyridine rings is 1. The molecule has 2 heterocycles. The monoisotopic (exact) mass is 286 g/mol. The van der Waals surface area contributed by atoms with E-state index in [-0.39, 0.29) is 12.5 Å². The maximum absolute atomic E-state index is 12.0. The lowest BCUT2D eigenvalue weighted by Gasteiger charge is -2.03. The second kappa shape index (κ2) is 6.85. The molecular weight excluding hydrogens is 272 g/mol. The van der Waals surface area contributed by atoms with Gasteiger partial charge in [-0.1, -0.05) is 11.8 Å². The smallest absolute Gasteiger partial charge is 0.251 e. The molecule has 0 aromatic carbocycles. The molecule has 4 nitrogen and oxygen atoms in total. The number of nitrogens with zero attached hydrogens (tertiary/aromatic N) is 1. The molecule has 2 aromatic heterocycles. The van der Waals surface area contributed by atoms with E-state index in [1.165, 1.54) is 11.3 Å². The Balaban J connectivity index is 1.95. The van der Waals surface area contributed by atoms with Crippen LogP contribution < -0.4 is 5.32 Å². The number of rotatable bonds is 3. The molecule has 102 valence electrons. The van der Waals surface area contributed by atoms with Crippen molar-refractivity contribution in [3.63, 3.8) is 0 Å². The van der Waals surface area contributed by atoms with Crippen LogP contribution in [0.1, 0.15) is 25.8 Å². The predicted molar refractivity (Wildman–Crippen MR) is 78.4 cm³/mol. The third kappa shape index (κ3) is 3.92. The molecule has 0 aliphatic carbocycles. The molecule has 0 aliphatic rings. The summed E-state index contributed by atoms with van der Waals surface area (Å²) in [6, 6.07) is 7.24. The van der Waals surface area contributed by atoms with Crippen LogP contribution in [0.5, 0.6) is 0 Å². The standard InChI is InChI=1S/C15H14N2O2S/c1-11-9-12(6-7-16-11)15(19)17-10-14-5-4-13(20-14)3-2-8-18/h4-7,9,18H,8,10H2,1H3,(H,17,19). The summed E-state index contributed by atoms with van der Waals surface area (Å²) in [6.45, 7) is 2.17. The van der Waals surface area contributed by atoms with Crippen LogP contribution in [0.4, 0.5) is 0 Å². The SMILES string of the molecule is Cc1cc(C(=O)NCc2ccc(C#CCO)s2)ccn1. The van der Waals surface area contributed by atoms with Gasteiger partial charge in [0.1, 0.15) is 6.61 Å². The van der Waals surface area contributed by atoms with Crippen LogP contribution in [-0.2, 0) is 6.54 Å². The Bertz CT molecular complexity index is 668. The fourth-order valence-electron chi connectivity index (χ4n) is 1.62. The average Bonchev–Trinajstić information content (AvgIpc) is 2.90. The van der Waals surface area contributed by atoms with Gasteiger partial charge in [0.2, 0.25) is 0 Å². The number of aliphatic hydroxyl groups excluding tert-OH is 1. The number of aromatic nitrogens is 1. The molecule has 20 heavy (non-hydrogen) atoms. The van der Waals surface area contributed by atoms with Gasteiger partial charge in [-0.2, -0.15) is 0 Å². The van der Waals surface area contributed by atoms with Gasteiger partial charge in [-0.3, -0.25) is 9.78 Å². The van der Waals surface area contributed by atoms with E-state index < -0.39 is 0 Å². The van der Waals surface area contributed by atoms with E-state index in [0.717, 1.165) is 15.4 Å². The Morgan fingerprint density at radius 2 is 2.30 bits per heavy atom. The number of aryl methyl sites for hydroxylation is 1. The molecule has 0 aliphatic heterocycles. The van der Waals surface area contributed by atoms with Gasteiger partial charge in [0.05, 0.1) is 11.4 Å². The third-order valence-electron chi connectivity index (χ3n) is 2.53. The Morgan fingerprint density at radius 1 is 1.45 bits per heavy atom. The Labute approximate surface area is 121 Å². The Hall–Kier alpha value is -2.16. The summed E-state index contributed by atoms with van der Waals surface area (Å²) in [5, 5.41) is 11.5. The zero-order valence-electron chi connectivity index (χ0n) is 11.0. The van der Waals surface area contributed by atoms with Crippen molar-refractivity contribution in [3.8, 4) is 11.8 Å². The lowest BCUT2D eigenvalue weighted by molar-refractivity contribution is 0.0951. The van der Waals surface area contributed by atoms with Gasteiger partial charge in [0.15, 0.2) is 0 Å². The Morgan fingerprint density at radius 3 is 3.05 bits per heavy atom. The number of hydrogen-bond acceptors (Lipinski definition) is 4. The van der Waals surface area contributed by atoms with E-state index in [9.17, 15) is 4.79 Å². The second-order valence-electron chi connectivity index (χ2n) is 4.09. The fourth-order valence-corrected chi connectivity index (χ4v) is 2.45. The van der Waals surface area contributed by atoms with E-state index in [2.05, 4.69) is 22.1 Å². The number of amides is 1. The van der Waals surface area contributed by atoms with E-state index in [4.69, 9.17) is 5.11 Å². The summed E-state index contributed by atoms with van der Waals surface area (Å²) in [4.78, 5) is 17.9. The van der Waals surface area contributed by atoms with E-state index in [1.807, 2.05) is 19.1 Å². The number of hydrogen-bond donors (Lipinski definition) is 2.